The topological polar surface area (TPSA) is 33.1 Å². The van der Waals surface area contributed by atoms with Crippen LogP contribution in [0.1, 0.15) is 0 Å². The van der Waals surface area contributed by atoms with Crippen molar-refractivity contribution >= 4 is 31.2 Å². The fraction of sp³-hybridized carbons (Fsp3) is 0.125. The van der Waals surface area contributed by atoms with Crippen molar-refractivity contribution in [3.05, 3.63) is 23.7 Å². The van der Waals surface area contributed by atoms with Crippen molar-refractivity contribution in [3.8, 4) is 5.06 Å². The molecule has 2 heterocycles. The third-order valence-electron chi connectivity index (χ3n) is 1.65. The number of hydrogen-bond donors (Lipinski definition) is 1. The number of nitrogens with zero attached hydrogens (tertiary/aromatic N) is 1. The Morgan fingerprint density at radius 3 is 3.08 bits per heavy atom. The summed E-state index contributed by atoms with van der Waals surface area (Å²) in [6.07, 6.45) is 3.69. The summed E-state index contributed by atoms with van der Waals surface area (Å²) in [7, 11) is 1.47. The first-order chi connectivity index (χ1) is 5.83. The second kappa shape index (κ2) is 2.95. The van der Waals surface area contributed by atoms with Gasteiger partial charge in [-0.1, -0.05) is 0 Å². The lowest BCUT2D eigenvalue weighted by atomic mass is 10.3. The number of hydrogen-bond acceptors (Lipinski definition) is 3. The molecular weight excluding hydrogens is 190 g/mol. The average molecular weight is 198 g/mol. The third-order valence-corrected chi connectivity index (χ3v) is 4.89. The molecule has 0 radical (unpaired) electrons. The van der Waals surface area contributed by atoms with Gasteiger partial charge in [-0.3, -0.25) is 0 Å². The maximum atomic E-state index is 9.66. The zero-order valence-corrected chi connectivity index (χ0v) is 8.15. The molecule has 1 N–H and O–H groups in total. The van der Waals surface area contributed by atoms with Gasteiger partial charge >= 0.3 is 5.06 Å². The Morgan fingerprint density at radius 1 is 1.58 bits per heavy atom. The van der Waals surface area contributed by atoms with E-state index in [-0.39, 0.29) is 9.50 Å². The summed E-state index contributed by atoms with van der Waals surface area (Å²) in [4.78, 5) is 4.11. The van der Waals surface area contributed by atoms with Crippen LogP contribution in [0.15, 0.2) is 23.7 Å². The molecule has 2 nitrogen and oxygen atoms in total. The SMILES string of the molecule is CS[s+]1cc2cccnc2c1O. The Labute approximate surface area is 76.6 Å². The first-order valence-electron chi connectivity index (χ1n) is 3.46. The summed E-state index contributed by atoms with van der Waals surface area (Å²) in [5.41, 5.74) is 0.746. The zero-order chi connectivity index (χ0) is 8.55. The van der Waals surface area contributed by atoms with Gasteiger partial charge in [-0.15, -0.1) is 0 Å². The molecule has 0 aliphatic heterocycles. The van der Waals surface area contributed by atoms with E-state index in [1.54, 1.807) is 17.0 Å². The molecule has 0 saturated carbocycles. The minimum Gasteiger partial charge on any atom is -0.466 e. The number of aromatic hydroxyl groups is 1. The lowest BCUT2D eigenvalue weighted by molar-refractivity contribution is 0.495. The van der Waals surface area contributed by atoms with Crippen molar-refractivity contribution in [2.75, 3.05) is 6.26 Å². The molecule has 1 atom stereocenters. The molecule has 0 bridgehead atoms. The van der Waals surface area contributed by atoms with Gasteiger partial charge in [0.05, 0.1) is 14.9 Å². The van der Waals surface area contributed by atoms with Crippen molar-refractivity contribution in [1.29, 1.82) is 0 Å². The highest BCUT2D eigenvalue weighted by molar-refractivity contribution is 8.45. The van der Waals surface area contributed by atoms with E-state index in [4.69, 9.17) is 0 Å². The Balaban J connectivity index is 2.78. The summed E-state index contributed by atoms with van der Waals surface area (Å²) in [6.45, 7) is 0. The molecule has 4 heteroatoms. The number of pyridine rings is 1. The summed E-state index contributed by atoms with van der Waals surface area (Å²) in [5, 5.41) is 13.2. The fourth-order valence-corrected chi connectivity index (χ4v) is 3.54. The first-order valence-corrected chi connectivity index (χ1v) is 6.49. The van der Waals surface area contributed by atoms with Crippen LogP contribution in [0.4, 0.5) is 0 Å². The van der Waals surface area contributed by atoms with Gasteiger partial charge in [0.15, 0.2) is 10.9 Å². The van der Waals surface area contributed by atoms with Gasteiger partial charge in [-0.05, 0) is 12.1 Å². The second-order valence-corrected chi connectivity index (χ2v) is 5.96. The van der Waals surface area contributed by atoms with Crippen molar-refractivity contribution in [2.24, 2.45) is 0 Å². The fourth-order valence-electron chi connectivity index (χ4n) is 1.08. The smallest absolute Gasteiger partial charge is 0.366 e. The van der Waals surface area contributed by atoms with Crippen molar-refractivity contribution in [3.63, 3.8) is 0 Å². The van der Waals surface area contributed by atoms with Crippen LogP contribution in [0.2, 0.25) is 0 Å². The van der Waals surface area contributed by atoms with Crippen LogP contribution >= 0.6 is 20.3 Å². The highest BCUT2D eigenvalue weighted by Gasteiger charge is 2.19. The van der Waals surface area contributed by atoms with Crippen LogP contribution in [0.5, 0.6) is 5.06 Å². The summed E-state index contributed by atoms with van der Waals surface area (Å²) in [5.74, 6) is 0. The summed E-state index contributed by atoms with van der Waals surface area (Å²) in [6, 6.07) is 3.86. The van der Waals surface area contributed by atoms with Gasteiger partial charge in [-0.2, -0.15) is 0 Å². The first kappa shape index (κ1) is 7.89. The summed E-state index contributed by atoms with van der Waals surface area (Å²) < 4.78 is 0. The Kier molecular flexibility index (Phi) is 1.94. The number of thiophene rings is 1. The lowest BCUT2D eigenvalue weighted by Gasteiger charge is -1.82. The van der Waals surface area contributed by atoms with E-state index in [0.29, 0.717) is 5.06 Å². The molecule has 1 unspecified atom stereocenters. The Hall–Kier alpha value is -0.740. The van der Waals surface area contributed by atoms with Gasteiger partial charge in [0, 0.05) is 12.5 Å². The lowest BCUT2D eigenvalue weighted by Crippen LogP contribution is -1.68. The zero-order valence-electron chi connectivity index (χ0n) is 6.52. The maximum absolute atomic E-state index is 9.66. The van der Waals surface area contributed by atoms with Gasteiger partial charge in [0.2, 0.25) is 0 Å². The van der Waals surface area contributed by atoms with Gasteiger partial charge in [-0.25, -0.2) is 4.98 Å². The minimum absolute atomic E-state index is 0.174. The predicted molar refractivity (Wildman–Crippen MR) is 54.8 cm³/mol. The monoisotopic (exact) mass is 198 g/mol. The van der Waals surface area contributed by atoms with Crippen LogP contribution < -0.4 is 0 Å². The number of aromatic nitrogens is 1. The highest BCUT2D eigenvalue weighted by Crippen LogP contribution is 2.46. The van der Waals surface area contributed by atoms with Crippen molar-refractivity contribution in [2.45, 2.75) is 0 Å². The van der Waals surface area contributed by atoms with E-state index in [0.717, 1.165) is 10.9 Å². The summed E-state index contributed by atoms with van der Waals surface area (Å²) >= 11 is 0. The number of rotatable bonds is 1. The molecule has 0 aliphatic rings. The molecule has 2 rings (SSSR count). The van der Waals surface area contributed by atoms with Crippen LogP contribution in [0.25, 0.3) is 10.9 Å². The van der Waals surface area contributed by atoms with E-state index < -0.39 is 0 Å². The van der Waals surface area contributed by atoms with Gasteiger partial charge in [0.1, 0.15) is 10.8 Å². The molecule has 0 spiro atoms. The molecule has 2 aromatic heterocycles. The van der Waals surface area contributed by atoms with Crippen molar-refractivity contribution in [1.82, 2.24) is 4.98 Å². The largest absolute Gasteiger partial charge is 0.466 e. The highest BCUT2D eigenvalue weighted by atomic mass is 33.1. The molecule has 2 aromatic rings. The Bertz CT molecular complexity index is 410. The van der Waals surface area contributed by atoms with E-state index in [1.165, 1.54) is 0 Å². The van der Waals surface area contributed by atoms with E-state index in [1.807, 2.05) is 18.4 Å². The molecule has 0 fully saturated rings. The predicted octanol–water partition coefficient (Wildman–Crippen LogP) is 2.82. The average Bonchev–Trinajstić information content (AvgIpc) is 2.44. The normalized spacial score (nSPS) is 12.2. The maximum Gasteiger partial charge on any atom is 0.366 e. The molecular formula is C8H8NOS2+. The van der Waals surface area contributed by atoms with Crippen LogP contribution in [-0.2, 0) is 0 Å². The van der Waals surface area contributed by atoms with Crippen LogP contribution in [0, 0.1) is 0 Å². The second-order valence-electron chi connectivity index (χ2n) is 2.33. The van der Waals surface area contributed by atoms with Gasteiger partial charge < -0.3 is 5.11 Å². The molecule has 0 aromatic carbocycles. The molecule has 0 saturated heterocycles. The standard InChI is InChI=1S/C8H7NOS2/c1-11-12-5-6-3-2-4-9-7(6)8(12)10/h2-5H,1H3/p+1. The molecule has 0 aliphatic carbocycles. The minimum atomic E-state index is -0.174. The quantitative estimate of drug-likeness (QED) is 0.565. The van der Waals surface area contributed by atoms with E-state index >= 15 is 0 Å². The van der Waals surface area contributed by atoms with E-state index in [9.17, 15) is 5.11 Å². The Morgan fingerprint density at radius 2 is 2.42 bits per heavy atom. The molecule has 0 amide bonds. The third kappa shape index (κ3) is 1.07. The van der Waals surface area contributed by atoms with Gasteiger partial charge in [0.25, 0.3) is 0 Å². The van der Waals surface area contributed by atoms with E-state index in [2.05, 4.69) is 10.4 Å². The van der Waals surface area contributed by atoms with Crippen LogP contribution in [-0.4, -0.2) is 16.3 Å². The molecule has 12 heavy (non-hydrogen) atoms. The van der Waals surface area contributed by atoms with Crippen molar-refractivity contribution < 1.29 is 5.11 Å². The number of fused-ring (bicyclic) bond motifs is 1. The molecule has 62 valence electrons. The van der Waals surface area contributed by atoms with Crippen LogP contribution in [0.3, 0.4) is 0 Å².